The van der Waals surface area contributed by atoms with E-state index in [0.29, 0.717) is 4.31 Å². The Morgan fingerprint density at radius 1 is 1.41 bits per heavy atom. The molecule has 1 aliphatic rings. The monoisotopic (exact) mass is 470 g/mol. The van der Waals surface area contributed by atoms with Gasteiger partial charge in [-0.1, -0.05) is 11.6 Å². The van der Waals surface area contributed by atoms with Crippen LogP contribution in [0.4, 0.5) is 18.0 Å². The molecule has 1 aromatic rings. The molecule has 6 nitrogen and oxygen atoms in total. The number of carbonyl (C=O) groups excluding carboxylic acids is 1. The van der Waals surface area contributed by atoms with Crippen molar-refractivity contribution >= 4 is 50.5 Å². The number of nitrogens with zero attached hydrogens (tertiary/aromatic N) is 1. The second kappa shape index (κ2) is 6.02. The molecule has 12 heteroatoms. The van der Waals surface area contributed by atoms with Crippen LogP contribution in [0.3, 0.4) is 0 Å². The van der Waals surface area contributed by atoms with Crippen molar-refractivity contribution in [3.05, 3.63) is 26.5 Å². The van der Waals surface area contributed by atoms with Crippen LogP contribution in [0.15, 0.2) is 12.1 Å². The van der Waals surface area contributed by atoms with Gasteiger partial charge in [-0.3, -0.25) is 0 Å². The van der Waals surface area contributed by atoms with E-state index in [1.807, 2.05) is 0 Å². The molecule has 1 heterocycles. The number of benzene rings is 1. The highest BCUT2D eigenvalue weighted by molar-refractivity contribution is 14.1. The Labute approximate surface area is 141 Å². The Morgan fingerprint density at radius 3 is 2.55 bits per heavy atom. The summed E-state index contributed by atoms with van der Waals surface area (Å²) in [6, 6.07) is 2.00. The van der Waals surface area contributed by atoms with Crippen molar-refractivity contribution in [1.82, 2.24) is 9.03 Å². The quantitative estimate of drug-likeness (QED) is 0.544. The molecule has 1 amide bonds. The predicted octanol–water partition coefficient (Wildman–Crippen LogP) is 2.37. The van der Waals surface area contributed by atoms with Gasteiger partial charge in [-0.25, -0.2) is 22.7 Å². The van der Waals surface area contributed by atoms with Crippen LogP contribution < -0.4 is 9.46 Å². The largest absolute Gasteiger partial charge is 0.427 e. The smallest absolute Gasteiger partial charge is 0.408 e. The molecule has 122 valence electrons. The van der Waals surface area contributed by atoms with Crippen LogP contribution in [0.25, 0.3) is 0 Å². The van der Waals surface area contributed by atoms with Crippen molar-refractivity contribution in [3.63, 3.8) is 0 Å². The van der Waals surface area contributed by atoms with Crippen molar-refractivity contribution < 1.29 is 31.1 Å². The molecule has 22 heavy (non-hydrogen) atoms. The molecule has 0 saturated carbocycles. The first-order valence-corrected chi connectivity index (χ1v) is 8.42. The molecule has 0 radical (unpaired) electrons. The third-order valence-electron chi connectivity index (χ3n) is 2.57. The van der Waals surface area contributed by atoms with E-state index in [-0.39, 0.29) is 14.3 Å². The molecule has 0 bridgehead atoms. The van der Waals surface area contributed by atoms with E-state index in [0.717, 1.165) is 12.1 Å². The maximum atomic E-state index is 13.2. The lowest BCUT2D eigenvalue weighted by Crippen LogP contribution is -2.61. The van der Waals surface area contributed by atoms with Gasteiger partial charge >= 0.3 is 16.3 Å². The summed E-state index contributed by atoms with van der Waals surface area (Å²) in [4.78, 5) is 11.5. The van der Waals surface area contributed by atoms with Gasteiger partial charge in [0.15, 0.2) is 5.75 Å². The van der Waals surface area contributed by atoms with Crippen LogP contribution >= 0.6 is 34.2 Å². The molecule has 2 rings (SSSR count). The Kier molecular flexibility index (Phi) is 4.80. The van der Waals surface area contributed by atoms with Gasteiger partial charge < -0.3 is 4.74 Å². The number of halogens is 5. The summed E-state index contributed by atoms with van der Waals surface area (Å²) in [5.41, 5.74) is 0. The van der Waals surface area contributed by atoms with Crippen molar-refractivity contribution in [1.29, 1.82) is 0 Å². The number of hydrogen-bond donors (Lipinski definition) is 1. The zero-order chi connectivity index (χ0) is 16.7. The summed E-state index contributed by atoms with van der Waals surface area (Å²) in [7, 11) is -4.44. The normalized spacial score (nSPS) is 17.7. The van der Waals surface area contributed by atoms with Crippen molar-refractivity contribution in [2.45, 2.75) is 5.92 Å². The van der Waals surface area contributed by atoms with Crippen LogP contribution in [-0.2, 0) is 10.2 Å². The third-order valence-corrected chi connectivity index (χ3v) is 5.68. The van der Waals surface area contributed by atoms with Crippen LogP contribution in [0.5, 0.6) is 5.75 Å². The number of alkyl halides is 2. The maximum absolute atomic E-state index is 13.2. The first-order valence-electron chi connectivity index (χ1n) is 5.53. The van der Waals surface area contributed by atoms with Crippen LogP contribution in [0.2, 0.25) is 5.02 Å². The predicted molar refractivity (Wildman–Crippen MR) is 78.7 cm³/mol. The Balaban J connectivity index is 2.03. The van der Waals surface area contributed by atoms with E-state index in [4.69, 9.17) is 11.6 Å². The molecule has 1 N–H and O–H groups in total. The van der Waals surface area contributed by atoms with Crippen LogP contribution in [0.1, 0.15) is 0 Å². The van der Waals surface area contributed by atoms with Gasteiger partial charge in [0.1, 0.15) is 5.82 Å². The summed E-state index contributed by atoms with van der Waals surface area (Å²) in [6.07, 6.45) is -1.44. The van der Waals surface area contributed by atoms with E-state index >= 15 is 0 Å². The highest BCUT2D eigenvalue weighted by Gasteiger charge is 2.50. The Hall–Kier alpha value is -0.790. The van der Waals surface area contributed by atoms with Crippen LogP contribution in [-0.4, -0.2) is 37.8 Å². The van der Waals surface area contributed by atoms with Crippen molar-refractivity contribution in [2.75, 3.05) is 13.1 Å². The van der Waals surface area contributed by atoms with Crippen molar-refractivity contribution in [2.24, 2.45) is 0 Å². The van der Waals surface area contributed by atoms with Crippen molar-refractivity contribution in [3.8, 4) is 5.75 Å². The Morgan fingerprint density at radius 2 is 2.00 bits per heavy atom. The van der Waals surface area contributed by atoms with E-state index in [9.17, 15) is 26.4 Å². The number of rotatable bonds is 3. The molecule has 1 aliphatic heterocycles. The molecule has 0 unspecified atom stereocenters. The summed E-state index contributed by atoms with van der Waals surface area (Å²) < 4.78 is 68.1. The highest BCUT2D eigenvalue weighted by Crippen LogP contribution is 2.32. The average Bonchev–Trinajstić information content (AvgIpc) is 2.36. The molecule has 0 aliphatic carbocycles. The lowest BCUT2D eigenvalue weighted by atomic mass is 10.2. The minimum absolute atomic E-state index is 0.0187. The number of amides is 1. The van der Waals surface area contributed by atoms with Gasteiger partial charge in [0.25, 0.3) is 5.92 Å². The molecule has 0 aromatic heterocycles. The lowest BCUT2D eigenvalue weighted by molar-refractivity contribution is -0.0948. The SMILES string of the molecule is O=C(NS(=O)(=O)N1CC(F)(F)C1)Oc1ccc(F)c(I)c1Cl. The second-order valence-electron chi connectivity index (χ2n) is 4.29. The highest BCUT2D eigenvalue weighted by atomic mass is 127. The number of ether oxygens (including phenoxy) is 1. The van der Waals surface area contributed by atoms with E-state index in [1.165, 1.54) is 4.72 Å². The minimum Gasteiger partial charge on any atom is -0.408 e. The number of hydrogen-bond acceptors (Lipinski definition) is 4. The summed E-state index contributed by atoms with van der Waals surface area (Å²) in [6.45, 7) is -2.05. The Bertz CT molecular complexity index is 723. The zero-order valence-electron chi connectivity index (χ0n) is 10.4. The molecule has 0 spiro atoms. The molecular formula is C10H7ClF3IN2O4S. The van der Waals surface area contributed by atoms with E-state index in [1.54, 1.807) is 22.6 Å². The zero-order valence-corrected chi connectivity index (χ0v) is 14.2. The fourth-order valence-electron chi connectivity index (χ4n) is 1.52. The number of carbonyl (C=O) groups is 1. The van der Waals surface area contributed by atoms with E-state index in [2.05, 4.69) is 4.74 Å². The third kappa shape index (κ3) is 3.75. The summed E-state index contributed by atoms with van der Waals surface area (Å²) in [5.74, 6) is -4.03. The molecule has 1 saturated heterocycles. The standard InChI is InChI=1S/C10H7ClF3IN2O4S/c11-7-6(2-1-5(12)8(7)15)21-9(18)16-22(19,20)17-3-10(13,14)4-17/h1-2H,3-4H2,(H,16,18). The van der Waals surface area contributed by atoms with Gasteiger partial charge in [-0.2, -0.15) is 12.7 Å². The van der Waals surface area contributed by atoms with Gasteiger partial charge in [0, 0.05) is 0 Å². The first kappa shape index (κ1) is 17.6. The molecule has 1 aromatic carbocycles. The fraction of sp³-hybridized carbons (Fsp3) is 0.300. The lowest BCUT2D eigenvalue weighted by Gasteiger charge is -2.36. The molecular weight excluding hydrogens is 464 g/mol. The van der Waals surface area contributed by atoms with E-state index < -0.39 is 41.1 Å². The van der Waals surface area contributed by atoms with Gasteiger partial charge in [-0.15, -0.1) is 0 Å². The topological polar surface area (TPSA) is 75.7 Å². The van der Waals surface area contributed by atoms with Crippen LogP contribution in [0, 0.1) is 9.39 Å². The first-order chi connectivity index (χ1) is 10.0. The molecule has 1 fully saturated rings. The second-order valence-corrected chi connectivity index (χ2v) is 7.42. The molecule has 0 atom stereocenters. The average molecular weight is 471 g/mol. The minimum atomic E-state index is -4.44. The fourth-order valence-corrected chi connectivity index (χ4v) is 3.25. The number of nitrogens with one attached hydrogen (secondary N) is 1. The van der Waals surface area contributed by atoms with Gasteiger partial charge in [0.2, 0.25) is 0 Å². The maximum Gasteiger partial charge on any atom is 0.427 e. The van der Waals surface area contributed by atoms with Gasteiger partial charge in [0.05, 0.1) is 21.7 Å². The van der Waals surface area contributed by atoms with Gasteiger partial charge in [-0.05, 0) is 34.7 Å². The summed E-state index contributed by atoms with van der Waals surface area (Å²) in [5, 5.41) is -0.219. The summed E-state index contributed by atoms with van der Waals surface area (Å²) >= 11 is 7.31.